The van der Waals surface area contributed by atoms with Gasteiger partial charge >= 0.3 is 39.5 Å². The maximum atomic E-state index is 13.1. The summed E-state index contributed by atoms with van der Waals surface area (Å²) in [6.45, 7) is 11.8. The van der Waals surface area contributed by atoms with Crippen molar-refractivity contribution in [2.24, 2.45) is 17.8 Å². The van der Waals surface area contributed by atoms with Crippen LogP contribution in [0.3, 0.4) is 0 Å². The average molecular weight is 1350 g/mol. The van der Waals surface area contributed by atoms with Gasteiger partial charge in [-0.15, -0.1) is 0 Å². The molecule has 0 spiro atoms. The van der Waals surface area contributed by atoms with Crippen LogP contribution in [0.2, 0.25) is 0 Å². The van der Waals surface area contributed by atoms with Gasteiger partial charge < -0.3 is 33.8 Å². The molecule has 546 valence electrons. The summed E-state index contributed by atoms with van der Waals surface area (Å²) in [6.07, 6.45) is 48.7. The highest BCUT2D eigenvalue weighted by Gasteiger charge is 2.30. The number of hydrogen-bond acceptors (Lipinski definition) is 15. The molecule has 0 aromatic rings. The molecule has 0 saturated carbocycles. The Balaban J connectivity index is 5.22. The summed E-state index contributed by atoms with van der Waals surface area (Å²) < 4.78 is 68.3. The summed E-state index contributed by atoms with van der Waals surface area (Å²) in [4.78, 5) is 72.6. The lowest BCUT2D eigenvalue weighted by Crippen LogP contribution is -2.30. The number of aliphatic hydroxyl groups is 1. The average Bonchev–Trinajstić information content (AvgIpc) is 1.87. The SMILES string of the molecule is CCCCCCCCCCCCC(=O)O[C@H](COC(=O)CCCCCCCCC(C)C)COP(=O)(O)OC[C@H](O)COP(=O)(O)OC[C@@H](COC(=O)CCCCCCCCCCCCCCCC(C)C)OC(=O)CCCCCCCCCCCCCCCCC(C)C. The first-order valence-electron chi connectivity index (χ1n) is 37.8. The zero-order chi connectivity index (χ0) is 68.0. The second-order valence-corrected chi connectivity index (χ2v) is 30.7. The monoisotopic (exact) mass is 1350 g/mol. The van der Waals surface area contributed by atoms with Crippen molar-refractivity contribution in [2.75, 3.05) is 39.6 Å². The van der Waals surface area contributed by atoms with Crippen LogP contribution in [0.5, 0.6) is 0 Å². The van der Waals surface area contributed by atoms with Gasteiger partial charge in [0, 0.05) is 25.7 Å². The van der Waals surface area contributed by atoms with Crippen molar-refractivity contribution in [1.29, 1.82) is 0 Å². The first-order valence-corrected chi connectivity index (χ1v) is 40.8. The molecule has 5 atom stereocenters. The molecular weight excluding hydrogens is 1210 g/mol. The van der Waals surface area contributed by atoms with Crippen LogP contribution >= 0.6 is 15.6 Å². The number of unbranched alkanes of at least 4 members (excludes halogenated alkanes) is 39. The second kappa shape index (κ2) is 63.8. The van der Waals surface area contributed by atoms with Crippen molar-refractivity contribution in [3.63, 3.8) is 0 Å². The van der Waals surface area contributed by atoms with E-state index in [9.17, 15) is 43.2 Å². The molecule has 0 saturated heterocycles. The predicted octanol–water partition coefficient (Wildman–Crippen LogP) is 21.0. The predicted molar refractivity (Wildman–Crippen MR) is 372 cm³/mol. The van der Waals surface area contributed by atoms with E-state index in [0.29, 0.717) is 31.6 Å². The minimum Gasteiger partial charge on any atom is -0.462 e. The molecular formula is C73H142O17P2. The number of carbonyl (C=O) groups is 4. The number of phosphoric acid groups is 2. The Morgan fingerprint density at radius 2 is 0.500 bits per heavy atom. The van der Waals surface area contributed by atoms with Crippen LogP contribution in [0.1, 0.15) is 370 Å². The van der Waals surface area contributed by atoms with Gasteiger partial charge in [0.15, 0.2) is 12.2 Å². The van der Waals surface area contributed by atoms with Crippen molar-refractivity contribution < 1.29 is 80.2 Å². The topological polar surface area (TPSA) is 237 Å². The smallest absolute Gasteiger partial charge is 0.462 e. The Morgan fingerprint density at radius 3 is 0.739 bits per heavy atom. The van der Waals surface area contributed by atoms with Crippen molar-refractivity contribution >= 4 is 39.5 Å². The zero-order valence-corrected chi connectivity index (χ0v) is 61.8. The molecule has 3 N–H and O–H groups in total. The molecule has 0 rings (SSSR count). The van der Waals surface area contributed by atoms with Gasteiger partial charge in [0.1, 0.15) is 19.3 Å². The quantitative estimate of drug-likeness (QED) is 0.0222. The fourth-order valence-corrected chi connectivity index (χ4v) is 12.7. The Hall–Kier alpha value is -1.94. The third-order valence-electron chi connectivity index (χ3n) is 16.9. The number of esters is 4. The highest BCUT2D eigenvalue weighted by molar-refractivity contribution is 7.47. The van der Waals surface area contributed by atoms with E-state index in [1.54, 1.807) is 0 Å². The van der Waals surface area contributed by atoms with Gasteiger partial charge in [-0.2, -0.15) is 0 Å². The molecule has 0 bridgehead atoms. The van der Waals surface area contributed by atoms with E-state index in [0.717, 1.165) is 108 Å². The van der Waals surface area contributed by atoms with Gasteiger partial charge in [-0.05, 0) is 43.4 Å². The molecule has 0 aliphatic heterocycles. The van der Waals surface area contributed by atoms with Crippen LogP contribution in [-0.2, 0) is 65.4 Å². The Morgan fingerprint density at radius 1 is 0.293 bits per heavy atom. The molecule has 0 aliphatic carbocycles. The number of rotatable bonds is 71. The fourth-order valence-electron chi connectivity index (χ4n) is 11.1. The summed E-state index contributed by atoms with van der Waals surface area (Å²) in [5.74, 6) is 0.142. The van der Waals surface area contributed by atoms with Crippen molar-refractivity contribution in [1.82, 2.24) is 0 Å². The van der Waals surface area contributed by atoms with E-state index < -0.39 is 97.5 Å². The first-order chi connectivity index (χ1) is 44.2. The highest BCUT2D eigenvalue weighted by Crippen LogP contribution is 2.45. The molecule has 0 amide bonds. The van der Waals surface area contributed by atoms with E-state index in [1.165, 1.54) is 173 Å². The van der Waals surface area contributed by atoms with E-state index in [1.807, 2.05) is 0 Å². The molecule has 0 heterocycles. The largest absolute Gasteiger partial charge is 0.472 e. The van der Waals surface area contributed by atoms with Crippen molar-refractivity contribution in [3.05, 3.63) is 0 Å². The lowest BCUT2D eigenvalue weighted by molar-refractivity contribution is -0.161. The third-order valence-corrected chi connectivity index (χ3v) is 18.8. The number of hydrogen-bond donors (Lipinski definition) is 3. The minimum atomic E-state index is -4.96. The maximum Gasteiger partial charge on any atom is 0.472 e. The summed E-state index contributed by atoms with van der Waals surface area (Å²) in [5.41, 5.74) is 0. The normalized spacial score (nSPS) is 14.1. The number of carbonyl (C=O) groups excluding carboxylic acids is 4. The van der Waals surface area contributed by atoms with E-state index in [4.69, 9.17) is 37.0 Å². The van der Waals surface area contributed by atoms with Crippen LogP contribution in [0.4, 0.5) is 0 Å². The summed E-state index contributed by atoms with van der Waals surface area (Å²) >= 11 is 0. The van der Waals surface area contributed by atoms with Crippen LogP contribution < -0.4 is 0 Å². The Kier molecular flexibility index (Phi) is 62.4. The Bertz CT molecular complexity index is 1800. The van der Waals surface area contributed by atoms with Crippen molar-refractivity contribution in [3.8, 4) is 0 Å². The minimum absolute atomic E-state index is 0.105. The highest BCUT2D eigenvalue weighted by atomic mass is 31.2. The Labute approximate surface area is 562 Å². The molecule has 0 fully saturated rings. The third kappa shape index (κ3) is 66.7. The molecule has 2 unspecified atom stereocenters. The number of ether oxygens (including phenoxy) is 4. The number of aliphatic hydroxyl groups excluding tert-OH is 1. The van der Waals surface area contributed by atoms with E-state index in [2.05, 4.69) is 48.5 Å². The molecule has 0 radical (unpaired) electrons. The van der Waals surface area contributed by atoms with E-state index in [-0.39, 0.29) is 25.7 Å². The van der Waals surface area contributed by atoms with Crippen LogP contribution in [0, 0.1) is 17.8 Å². The molecule has 0 aromatic carbocycles. The standard InChI is InChI=1S/C73H142O17P2/c1-8-9-10-11-12-13-27-33-42-49-56-72(77)90-69(61-84-71(76)55-48-41-36-35-39-46-53-66(6)7)63-88-92(81,82)86-59-67(74)58-85-91(79,80)87-62-68(60-83-70(75)54-47-40-32-28-23-20-16-18-22-26-31-38-45-52-65(4)5)89-73(78)57-50-43-34-29-24-19-15-14-17-21-25-30-37-44-51-64(2)3/h64-69,74H,8-63H2,1-7H3,(H,79,80)(H,81,82)/t67-,68-,69-/m1/s1. The van der Waals surface area contributed by atoms with Crippen LogP contribution in [0.15, 0.2) is 0 Å². The van der Waals surface area contributed by atoms with Gasteiger partial charge in [0.25, 0.3) is 0 Å². The van der Waals surface area contributed by atoms with Crippen LogP contribution in [0.25, 0.3) is 0 Å². The van der Waals surface area contributed by atoms with Gasteiger partial charge in [-0.1, -0.05) is 318 Å². The van der Waals surface area contributed by atoms with Gasteiger partial charge in [-0.3, -0.25) is 37.3 Å². The number of phosphoric ester groups is 2. The van der Waals surface area contributed by atoms with Gasteiger partial charge in [-0.25, -0.2) is 9.13 Å². The molecule has 0 aliphatic rings. The zero-order valence-electron chi connectivity index (χ0n) is 60.0. The second-order valence-electron chi connectivity index (χ2n) is 27.8. The molecule has 0 aromatic heterocycles. The molecule has 19 heteroatoms. The molecule has 17 nitrogen and oxygen atoms in total. The molecule has 92 heavy (non-hydrogen) atoms. The summed E-state index contributed by atoms with van der Waals surface area (Å²) in [7, 11) is -9.90. The van der Waals surface area contributed by atoms with Crippen molar-refractivity contribution in [2.45, 2.75) is 388 Å². The lowest BCUT2D eigenvalue weighted by atomic mass is 10.0. The maximum absolute atomic E-state index is 13.1. The van der Waals surface area contributed by atoms with E-state index >= 15 is 0 Å². The summed E-state index contributed by atoms with van der Waals surface area (Å²) in [6, 6.07) is 0. The van der Waals surface area contributed by atoms with Gasteiger partial charge in [0.2, 0.25) is 0 Å². The van der Waals surface area contributed by atoms with Crippen LogP contribution in [-0.4, -0.2) is 96.7 Å². The van der Waals surface area contributed by atoms with Gasteiger partial charge in [0.05, 0.1) is 26.4 Å². The fraction of sp³-hybridized carbons (Fsp3) is 0.945. The lowest BCUT2D eigenvalue weighted by Gasteiger charge is -2.21. The summed E-state index contributed by atoms with van der Waals surface area (Å²) in [5, 5.41) is 10.6. The first kappa shape index (κ1) is 90.1.